The summed E-state index contributed by atoms with van der Waals surface area (Å²) in [4.78, 5) is 12.5. The van der Waals surface area contributed by atoms with Gasteiger partial charge in [-0.25, -0.2) is 0 Å². The van der Waals surface area contributed by atoms with Crippen molar-refractivity contribution in [2.75, 3.05) is 5.32 Å². The molecule has 0 aliphatic rings. The smallest absolute Gasteiger partial charge is 0.273 e. The largest absolute Gasteiger partial charge is 0.320 e. The minimum absolute atomic E-state index is 0.207. The molecule has 0 radical (unpaired) electrons. The van der Waals surface area contributed by atoms with Gasteiger partial charge in [-0.1, -0.05) is 66.7 Å². The van der Waals surface area contributed by atoms with Crippen LogP contribution in [-0.4, -0.2) is 16.1 Å². The number of aromatic nitrogens is 2. The number of fused-ring (bicyclic) bond motifs is 1. The summed E-state index contributed by atoms with van der Waals surface area (Å²) < 4.78 is 0. The van der Waals surface area contributed by atoms with Gasteiger partial charge >= 0.3 is 0 Å². The third kappa shape index (κ3) is 2.65. The van der Waals surface area contributed by atoms with Gasteiger partial charge in [0.15, 0.2) is 0 Å². The minimum atomic E-state index is -0.207. The predicted molar refractivity (Wildman–Crippen MR) is 95.9 cm³/mol. The van der Waals surface area contributed by atoms with Crippen molar-refractivity contribution in [2.24, 2.45) is 0 Å². The van der Waals surface area contributed by atoms with Gasteiger partial charge < -0.3 is 5.32 Å². The minimum Gasteiger partial charge on any atom is -0.320 e. The molecule has 1 amide bonds. The van der Waals surface area contributed by atoms with Crippen LogP contribution in [0, 0.1) is 0 Å². The van der Waals surface area contributed by atoms with Gasteiger partial charge in [-0.05, 0) is 17.5 Å². The summed E-state index contributed by atoms with van der Waals surface area (Å²) in [5.74, 6) is -0.207. The van der Waals surface area contributed by atoms with Crippen molar-refractivity contribution < 1.29 is 4.79 Å². The highest BCUT2D eigenvalue weighted by Crippen LogP contribution is 2.24. The van der Waals surface area contributed by atoms with Crippen LogP contribution in [0.25, 0.3) is 22.0 Å². The summed E-state index contributed by atoms with van der Waals surface area (Å²) >= 11 is 0. The maximum Gasteiger partial charge on any atom is 0.273 e. The highest BCUT2D eigenvalue weighted by Gasteiger charge is 2.12. The van der Waals surface area contributed by atoms with E-state index in [0.29, 0.717) is 5.69 Å². The molecule has 4 heteroatoms. The number of hydrogen-bond donors (Lipinski definition) is 2. The van der Waals surface area contributed by atoms with Gasteiger partial charge in [-0.3, -0.25) is 9.89 Å². The quantitative estimate of drug-likeness (QED) is 0.586. The highest BCUT2D eigenvalue weighted by molar-refractivity contribution is 6.08. The van der Waals surface area contributed by atoms with E-state index in [2.05, 4.69) is 15.5 Å². The van der Waals surface area contributed by atoms with Gasteiger partial charge in [0.1, 0.15) is 5.69 Å². The Hall–Kier alpha value is -3.40. The SMILES string of the molecule is O=C(Nc1cccc2ccccc12)c1cc(-c2ccccc2)n[nH]1. The Kier molecular flexibility index (Phi) is 3.56. The number of H-pyrrole nitrogens is 1. The number of rotatable bonds is 3. The second-order valence-electron chi connectivity index (χ2n) is 5.51. The Morgan fingerprint density at radius 3 is 2.50 bits per heavy atom. The molecule has 1 heterocycles. The van der Waals surface area contributed by atoms with E-state index in [1.807, 2.05) is 72.8 Å². The molecule has 0 saturated carbocycles. The molecular formula is C20H15N3O. The van der Waals surface area contributed by atoms with Crippen molar-refractivity contribution in [3.8, 4) is 11.3 Å². The first-order valence-electron chi connectivity index (χ1n) is 7.71. The van der Waals surface area contributed by atoms with Crippen LogP contribution in [-0.2, 0) is 0 Å². The van der Waals surface area contributed by atoms with E-state index in [0.717, 1.165) is 27.7 Å². The van der Waals surface area contributed by atoms with E-state index in [1.54, 1.807) is 6.07 Å². The summed E-state index contributed by atoms with van der Waals surface area (Å²) in [6.45, 7) is 0. The first-order valence-corrected chi connectivity index (χ1v) is 7.71. The Labute approximate surface area is 139 Å². The molecule has 4 aromatic rings. The molecule has 2 N–H and O–H groups in total. The van der Waals surface area contributed by atoms with Crippen LogP contribution < -0.4 is 5.32 Å². The summed E-state index contributed by atoms with van der Waals surface area (Å²) in [6, 6.07) is 25.3. The number of carbonyl (C=O) groups is 1. The standard InChI is InChI=1S/C20H15N3O/c24-20(19-13-18(22-23-19)15-8-2-1-3-9-15)21-17-12-6-10-14-7-4-5-11-16(14)17/h1-13H,(H,21,24)(H,22,23). The molecule has 0 aliphatic carbocycles. The lowest BCUT2D eigenvalue weighted by atomic mass is 10.1. The van der Waals surface area contributed by atoms with Gasteiger partial charge in [0.2, 0.25) is 0 Å². The summed E-state index contributed by atoms with van der Waals surface area (Å²) in [5.41, 5.74) is 2.94. The molecule has 0 unspecified atom stereocenters. The van der Waals surface area contributed by atoms with Crippen molar-refractivity contribution in [1.82, 2.24) is 10.2 Å². The number of hydrogen-bond acceptors (Lipinski definition) is 2. The molecule has 0 fully saturated rings. The van der Waals surface area contributed by atoms with Gasteiger partial charge in [0, 0.05) is 16.6 Å². The molecule has 0 spiro atoms. The van der Waals surface area contributed by atoms with E-state index in [4.69, 9.17) is 0 Å². The summed E-state index contributed by atoms with van der Waals surface area (Å²) in [6.07, 6.45) is 0. The first kappa shape index (κ1) is 14.2. The van der Waals surface area contributed by atoms with Crippen LogP contribution in [0.1, 0.15) is 10.5 Å². The van der Waals surface area contributed by atoms with E-state index < -0.39 is 0 Å². The van der Waals surface area contributed by atoms with Crippen LogP contribution in [0.4, 0.5) is 5.69 Å². The average Bonchev–Trinajstić information content (AvgIpc) is 3.13. The fraction of sp³-hybridized carbons (Fsp3) is 0. The number of aromatic amines is 1. The Bertz CT molecular complexity index is 1000. The lowest BCUT2D eigenvalue weighted by molar-refractivity contribution is 0.102. The van der Waals surface area contributed by atoms with Crippen LogP contribution in [0.5, 0.6) is 0 Å². The fourth-order valence-corrected chi connectivity index (χ4v) is 2.72. The predicted octanol–water partition coefficient (Wildman–Crippen LogP) is 4.48. The first-order chi connectivity index (χ1) is 11.8. The molecule has 0 bridgehead atoms. The molecule has 116 valence electrons. The van der Waals surface area contributed by atoms with Gasteiger partial charge in [-0.15, -0.1) is 0 Å². The Morgan fingerprint density at radius 2 is 1.62 bits per heavy atom. The maximum atomic E-state index is 12.5. The second-order valence-corrected chi connectivity index (χ2v) is 5.51. The molecule has 4 nitrogen and oxygen atoms in total. The average molecular weight is 313 g/mol. The van der Waals surface area contributed by atoms with Gasteiger partial charge in [0.05, 0.1) is 5.69 Å². The Morgan fingerprint density at radius 1 is 0.875 bits per heavy atom. The fourth-order valence-electron chi connectivity index (χ4n) is 2.72. The lowest BCUT2D eigenvalue weighted by Gasteiger charge is -2.07. The van der Waals surface area contributed by atoms with Crippen molar-refractivity contribution in [2.45, 2.75) is 0 Å². The molecule has 0 saturated heterocycles. The van der Waals surface area contributed by atoms with Crippen LogP contribution in [0.3, 0.4) is 0 Å². The zero-order valence-electron chi connectivity index (χ0n) is 12.9. The number of benzene rings is 3. The van der Waals surface area contributed by atoms with Gasteiger partial charge in [0.25, 0.3) is 5.91 Å². The maximum absolute atomic E-state index is 12.5. The van der Waals surface area contributed by atoms with Crippen LogP contribution in [0.2, 0.25) is 0 Å². The lowest BCUT2D eigenvalue weighted by Crippen LogP contribution is -2.12. The summed E-state index contributed by atoms with van der Waals surface area (Å²) in [5, 5.41) is 12.1. The number of nitrogens with zero attached hydrogens (tertiary/aromatic N) is 1. The molecule has 24 heavy (non-hydrogen) atoms. The van der Waals surface area contributed by atoms with E-state index in [1.165, 1.54) is 0 Å². The number of amides is 1. The molecule has 0 atom stereocenters. The zero-order chi connectivity index (χ0) is 16.4. The molecular weight excluding hydrogens is 298 g/mol. The topological polar surface area (TPSA) is 57.8 Å². The molecule has 0 aliphatic heterocycles. The Balaban J connectivity index is 1.62. The van der Waals surface area contributed by atoms with E-state index >= 15 is 0 Å². The molecule has 1 aromatic heterocycles. The number of carbonyl (C=O) groups excluding carboxylic acids is 1. The van der Waals surface area contributed by atoms with Crippen molar-refractivity contribution in [3.63, 3.8) is 0 Å². The monoisotopic (exact) mass is 313 g/mol. The third-order valence-corrected chi connectivity index (χ3v) is 3.93. The zero-order valence-corrected chi connectivity index (χ0v) is 12.9. The normalized spacial score (nSPS) is 10.7. The molecule has 4 rings (SSSR count). The van der Waals surface area contributed by atoms with E-state index in [-0.39, 0.29) is 5.91 Å². The second kappa shape index (κ2) is 6.01. The van der Waals surface area contributed by atoms with Gasteiger partial charge in [-0.2, -0.15) is 5.10 Å². The third-order valence-electron chi connectivity index (χ3n) is 3.93. The van der Waals surface area contributed by atoms with Crippen molar-refractivity contribution in [3.05, 3.63) is 84.6 Å². The summed E-state index contributed by atoms with van der Waals surface area (Å²) in [7, 11) is 0. The number of nitrogens with one attached hydrogen (secondary N) is 2. The van der Waals surface area contributed by atoms with Crippen molar-refractivity contribution >= 4 is 22.4 Å². The highest BCUT2D eigenvalue weighted by atomic mass is 16.1. The van der Waals surface area contributed by atoms with E-state index in [9.17, 15) is 4.79 Å². The molecule has 3 aromatic carbocycles. The number of anilines is 1. The van der Waals surface area contributed by atoms with Crippen LogP contribution >= 0.6 is 0 Å². The van der Waals surface area contributed by atoms with Crippen molar-refractivity contribution in [1.29, 1.82) is 0 Å². The van der Waals surface area contributed by atoms with Crippen LogP contribution in [0.15, 0.2) is 78.9 Å².